The van der Waals surface area contributed by atoms with Crippen LogP contribution in [0.1, 0.15) is 23.6 Å². The van der Waals surface area contributed by atoms with Crippen molar-refractivity contribution in [2.24, 2.45) is 5.41 Å². The van der Waals surface area contributed by atoms with Crippen molar-refractivity contribution < 1.29 is 14.2 Å². The Morgan fingerprint density at radius 3 is 2.94 bits per heavy atom. The van der Waals surface area contributed by atoms with Crippen molar-refractivity contribution in [3.63, 3.8) is 0 Å². The number of ether oxygens (including phenoxy) is 1. The maximum Gasteiger partial charge on any atom is 0.123 e. The zero-order chi connectivity index (χ0) is 12.6. The van der Waals surface area contributed by atoms with E-state index in [0.29, 0.717) is 13.2 Å². The van der Waals surface area contributed by atoms with E-state index in [1.165, 1.54) is 11.6 Å². The van der Waals surface area contributed by atoms with Crippen LogP contribution in [0.2, 0.25) is 0 Å². The van der Waals surface area contributed by atoms with Crippen LogP contribution in [0.3, 0.4) is 0 Å². The van der Waals surface area contributed by atoms with Crippen LogP contribution in [-0.2, 0) is 11.2 Å². The minimum atomic E-state index is -0.175. The lowest BCUT2D eigenvalue weighted by atomic mass is 9.86. The molecule has 0 radical (unpaired) electrons. The average molecular weight is 251 g/mol. The summed E-state index contributed by atoms with van der Waals surface area (Å²) in [4.78, 5) is 0. The summed E-state index contributed by atoms with van der Waals surface area (Å²) in [6.45, 7) is 2.09. The summed E-state index contributed by atoms with van der Waals surface area (Å²) in [6.07, 6.45) is 2.00. The van der Waals surface area contributed by atoms with Gasteiger partial charge in [-0.3, -0.25) is 0 Å². The van der Waals surface area contributed by atoms with Crippen molar-refractivity contribution in [3.8, 4) is 0 Å². The van der Waals surface area contributed by atoms with Crippen LogP contribution in [-0.4, -0.2) is 31.5 Å². The zero-order valence-electron chi connectivity index (χ0n) is 10.3. The molecule has 0 amide bonds. The van der Waals surface area contributed by atoms with Crippen LogP contribution >= 0.6 is 0 Å². The first-order valence-corrected chi connectivity index (χ1v) is 6.43. The quantitative estimate of drug-likeness (QED) is 0.850. The highest BCUT2D eigenvalue weighted by molar-refractivity contribution is 5.35. The van der Waals surface area contributed by atoms with Crippen LogP contribution in [0.4, 0.5) is 4.39 Å². The predicted octanol–water partition coefficient (Wildman–Crippen LogP) is 1.41. The summed E-state index contributed by atoms with van der Waals surface area (Å²) in [5.41, 5.74) is 2.18. The lowest BCUT2D eigenvalue weighted by molar-refractivity contribution is -0.135. The predicted molar refractivity (Wildman–Crippen MR) is 65.8 cm³/mol. The number of aliphatic hydroxyl groups is 1. The van der Waals surface area contributed by atoms with E-state index in [9.17, 15) is 9.50 Å². The van der Waals surface area contributed by atoms with Crippen molar-refractivity contribution in [2.45, 2.75) is 18.9 Å². The van der Waals surface area contributed by atoms with Crippen LogP contribution in [0.25, 0.3) is 0 Å². The molecule has 2 N–H and O–H groups in total. The Kier molecular flexibility index (Phi) is 3.09. The zero-order valence-corrected chi connectivity index (χ0v) is 10.3. The number of benzene rings is 1. The fourth-order valence-electron chi connectivity index (χ4n) is 2.76. The lowest BCUT2D eigenvalue weighted by Crippen LogP contribution is -2.52. The highest BCUT2D eigenvalue weighted by Gasteiger charge is 2.38. The molecule has 0 bridgehead atoms. The number of fused-ring (bicyclic) bond motifs is 1. The number of rotatable bonds is 4. The number of hydrogen-bond donors (Lipinski definition) is 2. The van der Waals surface area contributed by atoms with E-state index < -0.39 is 0 Å². The Labute approximate surface area is 106 Å². The summed E-state index contributed by atoms with van der Waals surface area (Å²) in [5, 5.41) is 12.8. The highest BCUT2D eigenvalue weighted by atomic mass is 19.1. The summed E-state index contributed by atoms with van der Waals surface area (Å²) in [6, 6.07) is 5.24. The van der Waals surface area contributed by atoms with Gasteiger partial charge in [0.2, 0.25) is 0 Å². The Morgan fingerprint density at radius 1 is 1.44 bits per heavy atom. The van der Waals surface area contributed by atoms with Gasteiger partial charge in [0.15, 0.2) is 0 Å². The van der Waals surface area contributed by atoms with Crippen molar-refractivity contribution >= 4 is 0 Å². The van der Waals surface area contributed by atoms with Gasteiger partial charge in [0.25, 0.3) is 0 Å². The van der Waals surface area contributed by atoms with Crippen molar-refractivity contribution in [1.82, 2.24) is 5.32 Å². The number of aryl methyl sites for hydroxylation is 1. The minimum absolute atomic E-state index is 0.129. The van der Waals surface area contributed by atoms with E-state index in [4.69, 9.17) is 4.74 Å². The fourth-order valence-corrected chi connectivity index (χ4v) is 2.76. The molecule has 2 aliphatic rings. The Bertz CT molecular complexity index is 440. The lowest BCUT2D eigenvalue weighted by Gasteiger charge is -2.40. The maximum absolute atomic E-state index is 13.3. The summed E-state index contributed by atoms with van der Waals surface area (Å²) >= 11 is 0. The molecular weight excluding hydrogens is 233 g/mol. The third kappa shape index (κ3) is 2.05. The molecule has 1 aliphatic carbocycles. The molecule has 0 saturated carbocycles. The monoisotopic (exact) mass is 251 g/mol. The molecule has 1 fully saturated rings. The van der Waals surface area contributed by atoms with Gasteiger partial charge in [0.05, 0.1) is 25.2 Å². The van der Waals surface area contributed by atoms with Crippen LogP contribution in [0.15, 0.2) is 18.2 Å². The van der Waals surface area contributed by atoms with Gasteiger partial charge >= 0.3 is 0 Å². The van der Waals surface area contributed by atoms with Gasteiger partial charge < -0.3 is 15.2 Å². The first-order valence-electron chi connectivity index (χ1n) is 6.43. The Hall–Kier alpha value is -0.970. The van der Waals surface area contributed by atoms with Gasteiger partial charge in [-0.15, -0.1) is 0 Å². The molecule has 3 nitrogen and oxygen atoms in total. The molecule has 18 heavy (non-hydrogen) atoms. The van der Waals surface area contributed by atoms with Gasteiger partial charge in [0.1, 0.15) is 5.82 Å². The third-order valence-electron chi connectivity index (χ3n) is 4.06. The minimum Gasteiger partial charge on any atom is -0.396 e. The van der Waals surface area contributed by atoms with E-state index in [1.54, 1.807) is 6.07 Å². The number of aliphatic hydroxyl groups excluding tert-OH is 1. The van der Waals surface area contributed by atoms with Gasteiger partial charge in [-0.2, -0.15) is 0 Å². The second-order valence-electron chi connectivity index (χ2n) is 5.47. The summed E-state index contributed by atoms with van der Waals surface area (Å²) < 4.78 is 18.4. The van der Waals surface area contributed by atoms with Crippen LogP contribution < -0.4 is 5.32 Å². The van der Waals surface area contributed by atoms with Crippen molar-refractivity contribution in [2.75, 3.05) is 26.4 Å². The second-order valence-corrected chi connectivity index (χ2v) is 5.47. The number of halogens is 1. The molecule has 1 heterocycles. The SMILES string of the molecule is OCC1(CNC2CCc3ccc(F)cc32)COC1. The summed E-state index contributed by atoms with van der Waals surface area (Å²) in [5.74, 6) is -0.175. The highest BCUT2D eigenvalue weighted by Crippen LogP contribution is 2.33. The van der Waals surface area contributed by atoms with E-state index in [1.807, 2.05) is 6.07 Å². The molecule has 1 aliphatic heterocycles. The molecule has 1 aromatic carbocycles. The Balaban J connectivity index is 1.67. The number of hydrogen-bond acceptors (Lipinski definition) is 3. The van der Waals surface area contributed by atoms with E-state index in [2.05, 4.69) is 5.32 Å². The fraction of sp³-hybridized carbons (Fsp3) is 0.571. The van der Waals surface area contributed by atoms with Crippen LogP contribution in [0.5, 0.6) is 0 Å². The average Bonchev–Trinajstić information content (AvgIpc) is 2.71. The first-order chi connectivity index (χ1) is 8.72. The van der Waals surface area contributed by atoms with E-state index in [0.717, 1.165) is 24.9 Å². The molecule has 98 valence electrons. The molecule has 0 spiro atoms. The smallest absolute Gasteiger partial charge is 0.123 e. The second kappa shape index (κ2) is 4.61. The number of nitrogens with one attached hydrogen (secondary N) is 1. The normalized spacial score (nSPS) is 24.7. The van der Waals surface area contributed by atoms with Crippen molar-refractivity contribution in [1.29, 1.82) is 0 Å². The molecule has 1 atom stereocenters. The standard InChI is InChI=1S/C14H18FNO2/c15-11-3-1-10-2-4-13(12(10)5-11)16-6-14(7-17)8-18-9-14/h1,3,5,13,16-17H,2,4,6-9H2. The molecule has 1 unspecified atom stereocenters. The first kappa shape index (κ1) is 12.1. The molecular formula is C14H18FNO2. The van der Waals surface area contributed by atoms with E-state index >= 15 is 0 Å². The molecule has 1 aromatic rings. The summed E-state index contributed by atoms with van der Waals surface area (Å²) in [7, 11) is 0. The van der Waals surface area contributed by atoms with Crippen LogP contribution in [0, 0.1) is 11.2 Å². The van der Waals surface area contributed by atoms with Gasteiger partial charge in [0, 0.05) is 12.6 Å². The third-order valence-corrected chi connectivity index (χ3v) is 4.06. The Morgan fingerprint density at radius 2 is 2.28 bits per heavy atom. The van der Waals surface area contributed by atoms with Gasteiger partial charge in [-0.05, 0) is 36.1 Å². The van der Waals surface area contributed by atoms with Gasteiger partial charge in [-0.25, -0.2) is 4.39 Å². The van der Waals surface area contributed by atoms with Gasteiger partial charge in [-0.1, -0.05) is 6.07 Å². The molecule has 4 heteroatoms. The van der Waals surface area contributed by atoms with E-state index in [-0.39, 0.29) is 23.9 Å². The van der Waals surface area contributed by atoms with Crippen molar-refractivity contribution in [3.05, 3.63) is 35.1 Å². The molecule has 0 aromatic heterocycles. The molecule has 3 rings (SSSR count). The topological polar surface area (TPSA) is 41.5 Å². The maximum atomic E-state index is 13.3. The largest absolute Gasteiger partial charge is 0.396 e. The molecule has 1 saturated heterocycles.